The Bertz CT molecular complexity index is 2990. The van der Waals surface area contributed by atoms with Crippen molar-refractivity contribution in [2.45, 2.75) is 81.2 Å². The number of nitrogens with one attached hydrogen (secondary N) is 1. The van der Waals surface area contributed by atoms with Crippen LogP contribution in [0, 0.1) is 5.92 Å². The summed E-state index contributed by atoms with van der Waals surface area (Å²) in [5.41, 5.74) is 0.0848. The van der Waals surface area contributed by atoms with E-state index < -0.39 is 41.7 Å². The molecule has 18 heteroatoms. The topological polar surface area (TPSA) is 158 Å². The minimum Gasteiger partial charge on any atom is -0.497 e. The Morgan fingerprint density at radius 2 is 1.40 bits per heavy atom. The van der Waals surface area contributed by atoms with Crippen LogP contribution in [0.4, 0.5) is 22.1 Å². The van der Waals surface area contributed by atoms with Gasteiger partial charge in [-0.15, -0.1) is 0 Å². The van der Waals surface area contributed by atoms with E-state index in [9.17, 15) is 9.59 Å². The predicted octanol–water partition coefficient (Wildman–Crippen LogP) is 12.1. The van der Waals surface area contributed by atoms with Gasteiger partial charge < -0.3 is 32.7 Å². The van der Waals surface area contributed by atoms with Gasteiger partial charge in [-0.3, -0.25) is 14.7 Å². The molecule has 2 aromatic heterocycles. The first-order chi connectivity index (χ1) is 35.5. The number of para-hydroxylation sites is 2. The summed E-state index contributed by atoms with van der Waals surface area (Å²) in [4.78, 5) is 43.2. The number of carbonyl (C=O) groups is 2. The molecule has 2 amide bonds. The fourth-order valence-corrected chi connectivity index (χ4v) is 16.8. The van der Waals surface area contributed by atoms with Crippen LogP contribution in [0.2, 0.25) is 0 Å². The molecule has 10 rings (SSSR count). The number of hydrogen-bond acceptors (Lipinski definition) is 14. The molecular formula is C55H57N6O9PS2. The molecule has 5 aromatic carbocycles. The summed E-state index contributed by atoms with van der Waals surface area (Å²) in [7, 11) is 3.28. The van der Waals surface area contributed by atoms with Gasteiger partial charge in [0.25, 0.3) is 5.88 Å². The second-order valence-corrected chi connectivity index (χ2v) is 25.1. The maximum absolute atomic E-state index is 14.4. The number of rotatable bonds is 16. The molecule has 4 heterocycles. The van der Waals surface area contributed by atoms with E-state index in [1.54, 1.807) is 74.6 Å². The van der Waals surface area contributed by atoms with Crippen molar-refractivity contribution in [1.29, 1.82) is 0 Å². The van der Waals surface area contributed by atoms with Crippen molar-refractivity contribution >= 4 is 69.4 Å². The summed E-state index contributed by atoms with van der Waals surface area (Å²) >= 11 is 8.06. The van der Waals surface area contributed by atoms with Crippen LogP contribution in [0.3, 0.4) is 0 Å². The Morgan fingerprint density at radius 3 is 1.97 bits per heavy atom. The molecule has 2 saturated heterocycles. The number of methoxy groups -OCH3 is 2. The molecule has 0 radical (unpaired) electrons. The third-order valence-electron chi connectivity index (χ3n) is 13.5. The van der Waals surface area contributed by atoms with E-state index in [1.165, 1.54) is 11.3 Å². The SMILES string of the molecule is COc1ccc(C(OC[C@H]2O[C@@H](n3cnc4c(OC(=O)N(c5ccccc5)c5ccccc5)nc(NC(=O)C(C)C)nc43)C[C@@H]2OP2(=S)OCC3(CCCCC3)S2)(c2ccccc2)c2ccc(OC)cc2)cc1. The molecule has 15 nitrogen and oxygen atoms in total. The monoisotopic (exact) mass is 1040 g/mol. The van der Waals surface area contributed by atoms with Crippen LogP contribution in [0.25, 0.3) is 11.2 Å². The number of nitrogens with zero attached hydrogens (tertiary/aromatic N) is 5. The van der Waals surface area contributed by atoms with E-state index in [2.05, 4.69) is 10.3 Å². The molecule has 73 heavy (non-hydrogen) atoms. The highest BCUT2D eigenvalue weighted by molar-refractivity contribution is 8.68. The minimum atomic E-state index is -2.89. The first-order valence-corrected chi connectivity index (χ1v) is 28.5. The van der Waals surface area contributed by atoms with Crippen molar-refractivity contribution in [2.24, 2.45) is 5.92 Å². The maximum atomic E-state index is 14.4. The lowest BCUT2D eigenvalue weighted by atomic mass is 9.80. The molecule has 4 atom stereocenters. The van der Waals surface area contributed by atoms with E-state index in [-0.39, 0.29) is 40.3 Å². The van der Waals surface area contributed by atoms with Crippen LogP contribution in [0.1, 0.15) is 75.3 Å². The molecule has 7 aromatic rings. The maximum Gasteiger partial charge on any atom is 0.425 e. The highest BCUT2D eigenvalue weighted by Gasteiger charge is 2.51. The summed E-state index contributed by atoms with van der Waals surface area (Å²) < 4.78 is 47.2. The molecule has 3 aliphatic rings. The van der Waals surface area contributed by atoms with Crippen LogP contribution >= 0.6 is 17.1 Å². The van der Waals surface area contributed by atoms with Gasteiger partial charge in [0.2, 0.25) is 17.5 Å². The van der Waals surface area contributed by atoms with Gasteiger partial charge in [0.15, 0.2) is 11.2 Å². The third kappa shape index (κ3) is 10.6. The van der Waals surface area contributed by atoms with Crippen molar-refractivity contribution < 1.29 is 42.3 Å². The highest BCUT2D eigenvalue weighted by atomic mass is 32.9. The average molecular weight is 1040 g/mol. The van der Waals surface area contributed by atoms with Crippen molar-refractivity contribution in [3.63, 3.8) is 0 Å². The van der Waals surface area contributed by atoms with Gasteiger partial charge in [0.05, 0.1) is 51.2 Å². The Hall–Kier alpha value is -6.17. The number of anilines is 3. The Morgan fingerprint density at radius 1 is 0.822 bits per heavy atom. The van der Waals surface area contributed by atoms with Crippen LogP contribution in [0.15, 0.2) is 146 Å². The van der Waals surface area contributed by atoms with E-state index in [1.807, 2.05) is 115 Å². The van der Waals surface area contributed by atoms with Crippen molar-refractivity contribution in [2.75, 3.05) is 37.7 Å². The van der Waals surface area contributed by atoms with Crippen molar-refractivity contribution in [3.05, 3.63) is 163 Å². The number of amides is 2. The first-order valence-electron chi connectivity index (χ1n) is 24.4. The van der Waals surface area contributed by atoms with E-state index >= 15 is 0 Å². The number of ether oxygens (including phenoxy) is 5. The summed E-state index contributed by atoms with van der Waals surface area (Å²) in [6, 6.07) is 44.1. The molecular weight excluding hydrogens is 984 g/mol. The second-order valence-electron chi connectivity index (χ2n) is 18.6. The Kier molecular flexibility index (Phi) is 15.0. The summed E-state index contributed by atoms with van der Waals surface area (Å²) in [5.74, 6) is 0.419. The molecule has 1 N–H and O–H groups in total. The number of aromatic nitrogens is 4. The fraction of sp³-hybridized carbons (Fsp3) is 0.327. The molecule has 3 fully saturated rings. The zero-order valence-corrected chi connectivity index (χ0v) is 43.5. The van der Waals surface area contributed by atoms with Crippen molar-refractivity contribution in [3.8, 4) is 17.4 Å². The number of benzene rings is 5. The standard InChI is InChI=1S/C55H57N6O9PS2/c1-37(2)50(62)58-52-57-49-48(51(59-52)69-53(63)61(41-19-11-6-12-20-41)42-21-13-7-14-22-42)56-36-60(49)47-33-45(70-71(72)67-35-54(73-71)31-15-8-16-32-54)46(68-47)34-66-55(38-17-9-5-10-18-38,39-23-27-43(64-3)28-24-39)40-25-29-44(65-4)30-26-40/h5-7,9-14,17-30,36-37,45-47H,8,15-16,31-35H2,1-4H3,(H,57,58,59,62)/t45-,46+,47+,71?/m0/s1. The lowest BCUT2D eigenvalue weighted by Crippen LogP contribution is -2.38. The quantitative estimate of drug-likeness (QED) is 0.0720. The van der Waals surface area contributed by atoms with Crippen molar-refractivity contribution in [1.82, 2.24) is 19.5 Å². The van der Waals surface area contributed by atoms with Crippen LogP contribution in [-0.4, -0.2) is 75.9 Å². The third-order valence-corrected chi connectivity index (χ3v) is 19.3. The average Bonchev–Trinajstić information content (AvgIpc) is 4.12. The number of fused-ring (bicyclic) bond motifs is 1. The lowest BCUT2D eigenvalue weighted by Gasteiger charge is -2.37. The van der Waals surface area contributed by atoms with Crippen LogP contribution in [0.5, 0.6) is 17.4 Å². The summed E-state index contributed by atoms with van der Waals surface area (Å²) in [6.45, 7) is 4.10. The van der Waals surface area contributed by atoms with Gasteiger partial charge in [0, 0.05) is 17.1 Å². The van der Waals surface area contributed by atoms with Crippen LogP contribution < -0.4 is 24.4 Å². The van der Waals surface area contributed by atoms with Gasteiger partial charge in [-0.05, 0) is 89.9 Å². The number of imidazole rings is 1. The molecule has 1 spiro atoms. The lowest BCUT2D eigenvalue weighted by molar-refractivity contribution is -0.118. The fourth-order valence-electron chi connectivity index (χ4n) is 9.67. The van der Waals surface area contributed by atoms with Crippen LogP contribution in [-0.2, 0) is 40.7 Å². The first kappa shape index (κ1) is 50.4. The number of carbonyl (C=O) groups excluding carboxylic acids is 2. The molecule has 1 aliphatic carbocycles. The minimum absolute atomic E-state index is 0.0360. The number of hydrogen-bond donors (Lipinski definition) is 1. The predicted molar refractivity (Wildman–Crippen MR) is 285 cm³/mol. The molecule has 0 bridgehead atoms. The van der Waals surface area contributed by atoms with Gasteiger partial charge >= 0.3 is 6.09 Å². The Labute approximate surface area is 433 Å². The summed E-state index contributed by atoms with van der Waals surface area (Å²) in [6.07, 6.45) is 4.51. The molecule has 378 valence electrons. The normalized spacial score (nSPS) is 20.5. The highest BCUT2D eigenvalue weighted by Crippen LogP contribution is 2.74. The molecule has 1 saturated carbocycles. The largest absolute Gasteiger partial charge is 0.497 e. The molecule has 1 unspecified atom stereocenters. The van der Waals surface area contributed by atoms with Gasteiger partial charge in [0.1, 0.15) is 29.4 Å². The second kappa shape index (κ2) is 21.7. The van der Waals surface area contributed by atoms with E-state index in [0.717, 1.165) is 42.4 Å². The molecule has 2 aliphatic heterocycles. The van der Waals surface area contributed by atoms with Gasteiger partial charge in [-0.25, -0.2) is 14.7 Å². The smallest absolute Gasteiger partial charge is 0.425 e. The van der Waals surface area contributed by atoms with E-state index in [4.69, 9.17) is 54.5 Å². The zero-order chi connectivity index (χ0) is 50.6. The van der Waals surface area contributed by atoms with Gasteiger partial charge in [-0.1, -0.05) is 135 Å². The van der Waals surface area contributed by atoms with E-state index in [0.29, 0.717) is 35.9 Å². The summed E-state index contributed by atoms with van der Waals surface area (Å²) in [5, 5.41) is 2.81. The zero-order valence-electron chi connectivity index (χ0n) is 41.0. The Balaban J connectivity index is 1.04. The van der Waals surface area contributed by atoms with Gasteiger partial charge in [-0.2, -0.15) is 9.97 Å².